The van der Waals surface area contributed by atoms with E-state index in [9.17, 15) is 9.59 Å². The summed E-state index contributed by atoms with van der Waals surface area (Å²) >= 11 is 0. The highest BCUT2D eigenvalue weighted by atomic mass is 28.4. The van der Waals surface area contributed by atoms with Crippen LogP contribution in [0.1, 0.15) is 27.3 Å². The number of carbonyl (C=O) groups excluding carboxylic acids is 2. The number of hydrogen-bond donors (Lipinski definition) is 1. The van der Waals surface area contributed by atoms with Crippen molar-refractivity contribution in [3.8, 4) is 0 Å². The highest BCUT2D eigenvalue weighted by molar-refractivity contribution is 6.69. The number of carbonyl (C=O) groups is 2. The van der Waals surface area contributed by atoms with Crippen molar-refractivity contribution in [3.05, 3.63) is 22.5 Å². The predicted octanol–water partition coefficient (Wildman–Crippen LogP) is 2.35. The van der Waals surface area contributed by atoms with E-state index in [0.717, 1.165) is 16.8 Å². The molecule has 124 valence electrons. The topological polar surface area (TPSA) is 77.6 Å². The van der Waals surface area contributed by atoms with Gasteiger partial charge in [0.1, 0.15) is 11.8 Å². The molecule has 1 aromatic rings. The van der Waals surface area contributed by atoms with E-state index >= 15 is 0 Å². The first kappa shape index (κ1) is 18.4. The molecule has 1 atom stereocenters. The maximum atomic E-state index is 12.0. The van der Waals surface area contributed by atoms with Crippen molar-refractivity contribution in [1.82, 2.24) is 4.98 Å². The van der Waals surface area contributed by atoms with E-state index in [-0.39, 0.29) is 0 Å². The van der Waals surface area contributed by atoms with Gasteiger partial charge in [-0.3, -0.25) is 0 Å². The molecule has 0 saturated carbocycles. The first-order valence-corrected chi connectivity index (χ1v) is 10.5. The predicted molar refractivity (Wildman–Crippen MR) is 85.5 cm³/mol. The van der Waals surface area contributed by atoms with Gasteiger partial charge in [0.05, 0.1) is 14.2 Å². The molecule has 6 nitrogen and oxygen atoms in total. The zero-order valence-corrected chi connectivity index (χ0v) is 15.3. The van der Waals surface area contributed by atoms with E-state index in [1.165, 1.54) is 14.2 Å². The summed E-state index contributed by atoms with van der Waals surface area (Å²) in [6.07, 6.45) is -0.308. The average Bonchev–Trinajstić information content (AvgIpc) is 2.71. The molecule has 0 saturated heterocycles. The largest absolute Gasteiger partial charge is 0.467 e. The molecule has 0 radical (unpaired) electrons. The molecule has 0 bridgehead atoms. The van der Waals surface area contributed by atoms with Gasteiger partial charge in [-0.25, -0.2) is 9.59 Å². The molecule has 1 aromatic heterocycles. The van der Waals surface area contributed by atoms with Crippen molar-refractivity contribution >= 4 is 20.3 Å². The number of H-pyrrole nitrogens is 1. The summed E-state index contributed by atoms with van der Waals surface area (Å²) in [4.78, 5) is 26.7. The molecule has 0 aliphatic rings. The maximum absolute atomic E-state index is 12.0. The van der Waals surface area contributed by atoms with Crippen LogP contribution in [-0.2, 0) is 25.1 Å². The van der Waals surface area contributed by atoms with Gasteiger partial charge in [-0.2, -0.15) is 0 Å². The second kappa shape index (κ2) is 7.10. The molecule has 1 rings (SSSR count). The quantitative estimate of drug-likeness (QED) is 0.641. The monoisotopic (exact) mass is 327 g/mol. The summed E-state index contributed by atoms with van der Waals surface area (Å²) in [7, 11) is 0.771. The third-order valence-corrected chi connectivity index (χ3v) is 4.32. The Morgan fingerprint density at radius 3 is 2.18 bits per heavy atom. The van der Waals surface area contributed by atoms with E-state index in [0.29, 0.717) is 12.1 Å². The zero-order chi connectivity index (χ0) is 17.1. The second-order valence-corrected chi connectivity index (χ2v) is 10.6. The van der Waals surface area contributed by atoms with Crippen molar-refractivity contribution in [1.29, 1.82) is 0 Å². The van der Waals surface area contributed by atoms with E-state index < -0.39 is 26.4 Å². The molecule has 0 aliphatic heterocycles. The van der Waals surface area contributed by atoms with Crippen molar-refractivity contribution in [3.63, 3.8) is 0 Å². The smallest absolute Gasteiger partial charge is 0.354 e. The van der Waals surface area contributed by atoms with Gasteiger partial charge in [0.15, 0.2) is 8.32 Å². The Bertz CT molecular complexity index is 559. The fourth-order valence-electron chi connectivity index (χ4n) is 2.32. The minimum absolute atomic E-state index is 0.363. The molecule has 22 heavy (non-hydrogen) atoms. The van der Waals surface area contributed by atoms with E-state index in [1.807, 2.05) is 33.5 Å². The highest BCUT2D eigenvalue weighted by Crippen LogP contribution is 2.22. The first-order chi connectivity index (χ1) is 10.1. The SMILES string of the molecule is COC(=O)c1[nH]c(C)c(CC(O[Si](C)(C)C)C(=O)OC)c1C. The number of rotatable bonds is 6. The van der Waals surface area contributed by atoms with Crippen LogP contribution in [0.15, 0.2) is 0 Å². The Balaban J connectivity index is 3.11. The molecule has 0 aromatic carbocycles. The fourth-order valence-corrected chi connectivity index (χ4v) is 3.35. The van der Waals surface area contributed by atoms with Crippen LogP contribution in [0.2, 0.25) is 19.6 Å². The molecule has 0 spiro atoms. The number of esters is 2. The highest BCUT2D eigenvalue weighted by Gasteiger charge is 2.30. The lowest BCUT2D eigenvalue weighted by molar-refractivity contribution is -0.149. The van der Waals surface area contributed by atoms with E-state index in [2.05, 4.69) is 4.98 Å². The summed E-state index contributed by atoms with van der Waals surface area (Å²) in [6, 6.07) is 0. The van der Waals surface area contributed by atoms with Gasteiger partial charge >= 0.3 is 11.9 Å². The standard InChI is InChI=1S/C15H25NO5Si/c1-9-11(10(2)16-13(9)15(18)20-4)8-12(14(17)19-3)21-22(5,6)7/h12,16H,8H2,1-7H3. The van der Waals surface area contributed by atoms with Crippen LogP contribution < -0.4 is 0 Å². The third kappa shape index (κ3) is 4.44. The van der Waals surface area contributed by atoms with Gasteiger partial charge in [-0.05, 0) is 44.6 Å². The van der Waals surface area contributed by atoms with Crippen LogP contribution in [0, 0.1) is 13.8 Å². The van der Waals surface area contributed by atoms with Crippen LogP contribution in [0.3, 0.4) is 0 Å². The summed E-state index contributed by atoms with van der Waals surface area (Å²) in [5, 5.41) is 0. The van der Waals surface area contributed by atoms with Gasteiger partial charge in [-0.1, -0.05) is 0 Å². The lowest BCUT2D eigenvalue weighted by Crippen LogP contribution is -2.38. The first-order valence-electron chi connectivity index (χ1n) is 7.12. The summed E-state index contributed by atoms with van der Waals surface area (Å²) in [6.45, 7) is 9.73. The number of methoxy groups -OCH3 is 2. The van der Waals surface area contributed by atoms with Crippen molar-refractivity contribution in [2.75, 3.05) is 14.2 Å². The van der Waals surface area contributed by atoms with Crippen LogP contribution in [-0.4, -0.2) is 45.6 Å². The number of hydrogen-bond acceptors (Lipinski definition) is 5. The number of nitrogens with one attached hydrogen (secondary N) is 1. The normalized spacial score (nSPS) is 12.9. The van der Waals surface area contributed by atoms with E-state index in [4.69, 9.17) is 13.9 Å². The van der Waals surface area contributed by atoms with Crippen LogP contribution >= 0.6 is 0 Å². The van der Waals surface area contributed by atoms with Crippen molar-refractivity contribution < 1.29 is 23.5 Å². The van der Waals surface area contributed by atoms with Gasteiger partial charge < -0.3 is 18.9 Å². The molecule has 1 heterocycles. The molecule has 0 aliphatic carbocycles. The lowest BCUT2D eigenvalue weighted by atomic mass is 10.0. The number of ether oxygens (including phenoxy) is 2. The molecular weight excluding hydrogens is 302 g/mol. The van der Waals surface area contributed by atoms with Gasteiger partial charge in [0, 0.05) is 12.1 Å². The minimum atomic E-state index is -1.91. The maximum Gasteiger partial charge on any atom is 0.354 e. The lowest BCUT2D eigenvalue weighted by Gasteiger charge is -2.24. The number of aryl methyl sites for hydroxylation is 1. The summed E-state index contributed by atoms with van der Waals surface area (Å²) < 4.78 is 15.5. The number of aromatic nitrogens is 1. The molecule has 1 unspecified atom stereocenters. The van der Waals surface area contributed by atoms with Crippen molar-refractivity contribution in [2.24, 2.45) is 0 Å². The second-order valence-electron chi connectivity index (χ2n) is 6.17. The Morgan fingerprint density at radius 2 is 1.73 bits per heavy atom. The third-order valence-electron chi connectivity index (χ3n) is 3.33. The molecule has 1 N–H and O–H groups in total. The number of aromatic amines is 1. The van der Waals surface area contributed by atoms with Crippen LogP contribution in [0.25, 0.3) is 0 Å². The molecule has 7 heteroatoms. The Morgan fingerprint density at radius 1 is 1.14 bits per heavy atom. The Labute approximate surface area is 132 Å². The molecular formula is C15H25NO5Si. The fraction of sp³-hybridized carbons (Fsp3) is 0.600. The van der Waals surface area contributed by atoms with Gasteiger partial charge in [-0.15, -0.1) is 0 Å². The summed E-state index contributed by atoms with van der Waals surface area (Å²) in [5.41, 5.74) is 2.89. The molecule has 0 amide bonds. The van der Waals surface area contributed by atoms with Crippen LogP contribution in [0.4, 0.5) is 0 Å². The Hall–Kier alpha value is -1.60. The zero-order valence-electron chi connectivity index (χ0n) is 14.3. The Kier molecular flexibility index (Phi) is 5.96. The minimum Gasteiger partial charge on any atom is -0.467 e. The van der Waals surface area contributed by atoms with E-state index in [1.54, 1.807) is 0 Å². The van der Waals surface area contributed by atoms with Crippen LogP contribution in [0.5, 0.6) is 0 Å². The average molecular weight is 327 g/mol. The van der Waals surface area contributed by atoms with Crippen molar-refractivity contribution in [2.45, 2.75) is 46.0 Å². The molecule has 0 fully saturated rings. The van der Waals surface area contributed by atoms with Gasteiger partial charge in [0.25, 0.3) is 0 Å². The summed E-state index contributed by atoms with van der Waals surface area (Å²) in [5.74, 6) is -0.824. The van der Waals surface area contributed by atoms with Gasteiger partial charge in [0.2, 0.25) is 0 Å².